The number of hydrogen-bond donors (Lipinski definition) is 4. The summed E-state index contributed by atoms with van der Waals surface area (Å²) < 4.78 is 0. The number of anilines is 2. The molecule has 2 aromatic rings. The van der Waals surface area contributed by atoms with Crippen molar-refractivity contribution in [3.63, 3.8) is 0 Å². The number of carbonyl (C=O) groups is 2. The minimum atomic E-state index is -0.506. The maximum absolute atomic E-state index is 12.2. The van der Waals surface area contributed by atoms with Gasteiger partial charge in [0, 0.05) is 17.1 Å². The van der Waals surface area contributed by atoms with E-state index in [0.717, 1.165) is 30.0 Å². The Bertz CT molecular complexity index is 788. The third-order valence-electron chi connectivity index (χ3n) is 3.93. The highest BCUT2D eigenvalue weighted by molar-refractivity contribution is 7.17. The van der Waals surface area contributed by atoms with Crippen LogP contribution >= 0.6 is 22.9 Å². The van der Waals surface area contributed by atoms with Gasteiger partial charge in [0.15, 0.2) is 0 Å². The Balaban J connectivity index is 1.80. The summed E-state index contributed by atoms with van der Waals surface area (Å²) in [6, 6.07) is 6.37. The van der Waals surface area contributed by atoms with Gasteiger partial charge in [0.25, 0.3) is 5.91 Å². The summed E-state index contributed by atoms with van der Waals surface area (Å²) >= 11 is 7.24. The van der Waals surface area contributed by atoms with Crippen LogP contribution in [-0.4, -0.2) is 25.5 Å². The van der Waals surface area contributed by atoms with Crippen LogP contribution in [0.2, 0.25) is 5.02 Å². The minimum Gasteiger partial charge on any atom is -0.365 e. The molecule has 0 aliphatic carbocycles. The normalized spacial score (nSPS) is 16.3. The second-order valence-electron chi connectivity index (χ2n) is 5.79. The largest absolute Gasteiger partial charge is 0.365 e. The predicted molar refractivity (Wildman–Crippen MR) is 96.1 cm³/mol. The van der Waals surface area contributed by atoms with Crippen LogP contribution in [0, 0.1) is 0 Å². The maximum atomic E-state index is 12.2. The van der Waals surface area contributed by atoms with Gasteiger partial charge in [0.1, 0.15) is 11.5 Å². The number of primary amides is 1. The van der Waals surface area contributed by atoms with Crippen molar-refractivity contribution in [1.29, 1.82) is 0 Å². The van der Waals surface area contributed by atoms with Gasteiger partial charge in [-0.05, 0) is 29.8 Å². The fourth-order valence-electron chi connectivity index (χ4n) is 2.77. The number of nitrogens with one attached hydrogen (secondary N) is 3. The summed E-state index contributed by atoms with van der Waals surface area (Å²) in [5.41, 5.74) is 7.56. The molecule has 0 radical (unpaired) electrons. The first-order valence-electron chi connectivity index (χ1n) is 7.53. The van der Waals surface area contributed by atoms with Gasteiger partial charge in [-0.3, -0.25) is 10.1 Å². The van der Waals surface area contributed by atoms with Crippen LogP contribution in [0.5, 0.6) is 0 Å². The molecule has 1 aliphatic rings. The molecule has 0 spiro atoms. The number of benzene rings is 1. The molecule has 3 amide bonds. The lowest BCUT2D eigenvalue weighted by molar-refractivity contribution is -0.895. The van der Waals surface area contributed by atoms with Crippen molar-refractivity contribution < 1.29 is 14.5 Å². The van der Waals surface area contributed by atoms with Crippen molar-refractivity contribution >= 4 is 45.6 Å². The molecule has 6 nitrogen and oxygen atoms in total. The van der Waals surface area contributed by atoms with E-state index in [1.165, 1.54) is 16.2 Å². The predicted octanol–water partition coefficient (Wildman–Crippen LogP) is 1.72. The number of fused-ring (bicyclic) bond motifs is 1. The Kier molecular flexibility index (Phi) is 4.75. The summed E-state index contributed by atoms with van der Waals surface area (Å²) in [6.07, 6.45) is 0.788. The number of urea groups is 1. The first-order valence-corrected chi connectivity index (χ1v) is 8.72. The summed E-state index contributed by atoms with van der Waals surface area (Å²) in [5, 5.41) is 6.57. The first-order chi connectivity index (χ1) is 11.4. The molecule has 5 N–H and O–H groups in total. The van der Waals surface area contributed by atoms with Crippen molar-refractivity contribution in [3.8, 4) is 0 Å². The summed E-state index contributed by atoms with van der Waals surface area (Å²) in [6.45, 7) is 1.78. The highest BCUT2D eigenvalue weighted by atomic mass is 35.5. The smallest absolute Gasteiger partial charge is 0.324 e. The SMILES string of the molecule is C[NH+]1CCc2c(sc(NC(=O)Nc3ccc(Cl)cc3)c2C(N)=O)C1. The van der Waals surface area contributed by atoms with E-state index in [9.17, 15) is 9.59 Å². The van der Waals surface area contributed by atoms with Gasteiger partial charge >= 0.3 is 6.03 Å². The summed E-state index contributed by atoms with van der Waals surface area (Å²) in [7, 11) is 2.10. The molecule has 3 rings (SSSR count). The van der Waals surface area contributed by atoms with Crippen LogP contribution in [-0.2, 0) is 13.0 Å². The van der Waals surface area contributed by atoms with Gasteiger partial charge < -0.3 is 16.0 Å². The zero-order valence-electron chi connectivity index (χ0n) is 13.1. The highest BCUT2D eigenvalue weighted by Crippen LogP contribution is 2.34. The van der Waals surface area contributed by atoms with E-state index >= 15 is 0 Å². The number of amides is 3. The lowest BCUT2D eigenvalue weighted by atomic mass is 10.0. The fraction of sp³-hybridized carbons (Fsp3) is 0.250. The van der Waals surface area contributed by atoms with Gasteiger partial charge in [0.05, 0.1) is 24.0 Å². The van der Waals surface area contributed by atoms with Crippen molar-refractivity contribution in [2.75, 3.05) is 24.2 Å². The molecule has 1 aromatic carbocycles. The Labute approximate surface area is 148 Å². The molecule has 0 bridgehead atoms. The maximum Gasteiger partial charge on any atom is 0.324 e. The van der Waals surface area contributed by atoms with Crippen LogP contribution in [0.25, 0.3) is 0 Å². The molecule has 0 saturated carbocycles. The van der Waals surface area contributed by atoms with Gasteiger partial charge in [-0.15, -0.1) is 11.3 Å². The van der Waals surface area contributed by atoms with E-state index in [4.69, 9.17) is 17.3 Å². The monoisotopic (exact) mass is 365 g/mol. The number of nitrogens with two attached hydrogens (primary N) is 1. The van der Waals surface area contributed by atoms with Gasteiger partial charge in [-0.2, -0.15) is 0 Å². The molecule has 8 heteroatoms. The van der Waals surface area contributed by atoms with E-state index in [1.807, 2.05) is 0 Å². The standard InChI is InChI=1S/C16H17ClN4O2S/c1-21-7-6-11-12(8-21)24-15(13(11)14(18)22)20-16(23)19-10-4-2-9(17)3-5-10/h2-5H,6-8H2,1H3,(H2,18,22)(H2,19,20,23)/p+1. The number of quaternary nitrogens is 1. The second kappa shape index (κ2) is 6.80. The van der Waals surface area contributed by atoms with E-state index in [2.05, 4.69) is 17.7 Å². The average Bonchev–Trinajstić information content (AvgIpc) is 2.86. The minimum absolute atomic E-state index is 0.417. The molecular weight excluding hydrogens is 348 g/mol. The summed E-state index contributed by atoms with van der Waals surface area (Å²) in [4.78, 5) is 26.5. The third kappa shape index (κ3) is 3.53. The Hall–Kier alpha value is -2.09. The molecule has 1 unspecified atom stereocenters. The van der Waals surface area contributed by atoms with Crippen LogP contribution in [0.4, 0.5) is 15.5 Å². The zero-order valence-corrected chi connectivity index (χ0v) is 14.7. The topological polar surface area (TPSA) is 88.7 Å². The van der Waals surface area contributed by atoms with Crippen LogP contribution in [0.1, 0.15) is 20.8 Å². The molecule has 1 aliphatic heterocycles. The van der Waals surface area contributed by atoms with Crippen molar-refractivity contribution in [2.24, 2.45) is 5.73 Å². The average molecular weight is 366 g/mol. The third-order valence-corrected chi connectivity index (χ3v) is 5.33. The molecule has 1 aromatic heterocycles. The van der Waals surface area contributed by atoms with Crippen LogP contribution < -0.4 is 21.3 Å². The van der Waals surface area contributed by atoms with Crippen molar-refractivity contribution in [1.82, 2.24) is 0 Å². The van der Waals surface area contributed by atoms with E-state index in [0.29, 0.717) is 21.3 Å². The Morgan fingerprint density at radius 2 is 1.96 bits per heavy atom. The number of likely N-dealkylation sites (N-methyl/N-ethyl adjacent to an activating group) is 1. The Morgan fingerprint density at radius 3 is 2.62 bits per heavy atom. The summed E-state index contributed by atoms with van der Waals surface area (Å²) in [5.74, 6) is -0.506. The fourth-order valence-corrected chi connectivity index (χ4v) is 4.26. The molecule has 126 valence electrons. The molecule has 0 fully saturated rings. The first kappa shape index (κ1) is 16.8. The lowest BCUT2D eigenvalue weighted by Crippen LogP contribution is -3.08. The molecule has 1 atom stereocenters. The van der Waals surface area contributed by atoms with Gasteiger partial charge in [-0.1, -0.05) is 11.6 Å². The number of rotatable bonds is 3. The van der Waals surface area contributed by atoms with Gasteiger partial charge in [-0.25, -0.2) is 4.79 Å². The Morgan fingerprint density at radius 1 is 1.25 bits per heavy atom. The number of carbonyl (C=O) groups excluding carboxylic acids is 2. The van der Waals surface area contributed by atoms with Crippen molar-refractivity contribution in [2.45, 2.75) is 13.0 Å². The molecule has 0 saturated heterocycles. The van der Waals surface area contributed by atoms with Gasteiger partial charge in [0.2, 0.25) is 0 Å². The van der Waals surface area contributed by atoms with Crippen LogP contribution in [0.15, 0.2) is 24.3 Å². The zero-order chi connectivity index (χ0) is 17.3. The van der Waals surface area contributed by atoms with E-state index in [1.54, 1.807) is 24.3 Å². The lowest BCUT2D eigenvalue weighted by Gasteiger charge is -2.19. The number of thiophene rings is 1. The molecular formula is C16H18ClN4O2S+. The highest BCUT2D eigenvalue weighted by Gasteiger charge is 2.28. The second-order valence-corrected chi connectivity index (χ2v) is 7.33. The number of halogens is 1. The number of hydrogen-bond acceptors (Lipinski definition) is 3. The van der Waals surface area contributed by atoms with Crippen molar-refractivity contribution in [3.05, 3.63) is 45.3 Å². The quantitative estimate of drug-likeness (QED) is 0.667. The van der Waals surface area contributed by atoms with Crippen LogP contribution in [0.3, 0.4) is 0 Å². The molecule has 24 heavy (non-hydrogen) atoms. The molecule has 2 heterocycles. The van der Waals surface area contributed by atoms with E-state index in [-0.39, 0.29) is 0 Å². The van der Waals surface area contributed by atoms with E-state index < -0.39 is 11.9 Å².